The van der Waals surface area contributed by atoms with Gasteiger partial charge in [0.05, 0.1) is 0 Å². The van der Waals surface area contributed by atoms with E-state index in [0.717, 1.165) is 12.2 Å². The van der Waals surface area contributed by atoms with Gasteiger partial charge in [-0.25, -0.2) is 0 Å². The van der Waals surface area contributed by atoms with Gasteiger partial charge < -0.3 is 4.90 Å². The largest absolute Gasteiger partial charge is 0.303 e. The first kappa shape index (κ1) is 11.1. The standard InChI is InChI=1S/C10H19NOS/c1-10(12)4-8-13-9-7-11-5-2-3-6-11/h2-9H2,1H3. The van der Waals surface area contributed by atoms with Gasteiger partial charge in [-0.2, -0.15) is 11.8 Å². The lowest BCUT2D eigenvalue weighted by atomic mass is 10.4. The summed E-state index contributed by atoms with van der Waals surface area (Å²) in [7, 11) is 0. The normalized spacial score (nSPS) is 17.9. The zero-order valence-electron chi connectivity index (χ0n) is 8.42. The summed E-state index contributed by atoms with van der Waals surface area (Å²) >= 11 is 1.91. The van der Waals surface area contributed by atoms with Gasteiger partial charge in [0.25, 0.3) is 0 Å². The molecule has 0 bridgehead atoms. The Balaban J connectivity index is 1.86. The molecule has 0 amide bonds. The maximum atomic E-state index is 10.6. The van der Waals surface area contributed by atoms with Crippen molar-refractivity contribution >= 4 is 17.5 Å². The number of hydrogen-bond donors (Lipinski definition) is 0. The third kappa shape index (κ3) is 5.32. The van der Waals surface area contributed by atoms with E-state index >= 15 is 0 Å². The van der Waals surface area contributed by atoms with Crippen LogP contribution in [0.15, 0.2) is 0 Å². The van der Waals surface area contributed by atoms with Crippen molar-refractivity contribution in [3.8, 4) is 0 Å². The molecule has 0 spiro atoms. The van der Waals surface area contributed by atoms with Gasteiger partial charge in [0, 0.05) is 24.5 Å². The summed E-state index contributed by atoms with van der Waals surface area (Å²) in [6, 6.07) is 0. The van der Waals surface area contributed by atoms with E-state index in [1.165, 1.54) is 38.2 Å². The highest BCUT2D eigenvalue weighted by atomic mass is 32.2. The number of carbonyl (C=O) groups excluding carboxylic acids is 1. The van der Waals surface area contributed by atoms with Crippen LogP contribution in [0.4, 0.5) is 0 Å². The summed E-state index contributed by atoms with van der Waals surface area (Å²) in [5, 5.41) is 0. The molecule has 0 unspecified atom stereocenters. The fraction of sp³-hybridized carbons (Fsp3) is 0.900. The predicted octanol–water partition coefficient (Wildman–Crippen LogP) is 1.79. The highest BCUT2D eigenvalue weighted by molar-refractivity contribution is 7.99. The van der Waals surface area contributed by atoms with E-state index in [4.69, 9.17) is 0 Å². The molecular weight excluding hydrogens is 182 g/mol. The van der Waals surface area contributed by atoms with E-state index in [1.807, 2.05) is 11.8 Å². The summed E-state index contributed by atoms with van der Waals surface area (Å²) in [6.45, 7) is 5.45. The third-order valence-corrected chi connectivity index (χ3v) is 3.31. The zero-order valence-corrected chi connectivity index (χ0v) is 9.24. The van der Waals surface area contributed by atoms with Gasteiger partial charge in [-0.15, -0.1) is 0 Å². The van der Waals surface area contributed by atoms with E-state index < -0.39 is 0 Å². The van der Waals surface area contributed by atoms with Crippen LogP contribution in [0.2, 0.25) is 0 Å². The lowest BCUT2D eigenvalue weighted by Crippen LogP contribution is -2.22. The summed E-state index contributed by atoms with van der Waals surface area (Å²) < 4.78 is 0. The second kappa shape index (κ2) is 6.44. The van der Waals surface area contributed by atoms with Crippen molar-refractivity contribution in [3.63, 3.8) is 0 Å². The molecule has 3 heteroatoms. The van der Waals surface area contributed by atoms with E-state index in [2.05, 4.69) is 4.90 Å². The quantitative estimate of drug-likeness (QED) is 0.611. The van der Waals surface area contributed by atoms with Crippen molar-refractivity contribution in [2.75, 3.05) is 31.1 Å². The number of rotatable bonds is 6. The molecule has 0 saturated carbocycles. The second-order valence-electron chi connectivity index (χ2n) is 3.61. The summed E-state index contributed by atoms with van der Waals surface area (Å²) in [5.41, 5.74) is 0. The first-order chi connectivity index (χ1) is 6.29. The Kier molecular flexibility index (Phi) is 5.47. The number of thioether (sulfide) groups is 1. The molecule has 0 radical (unpaired) electrons. The first-order valence-corrected chi connectivity index (χ1v) is 6.24. The molecule has 1 rings (SSSR count). The monoisotopic (exact) mass is 201 g/mol. The number of nitrogens with zero attached hydrogens (tertiary/aromatic N) is 1. The van der Waals surface area contributed by atoms with Crippen LogP contribution in [0.3, 0.4) is 0 Å². The topological polar surface area (TPSA) is 20.3 Å². The molecule has 0 atom stereocenters. The molecule has 1 heterocycles. The Bertz CT molecular complexity index is 155. The van der Waals surface area contributed by atoms with Crippen LogP contribution in [-0.2, 0) is 4.79 Å². The summed E-state index contributed by atoms with van der Waals surface area (Å²) in [5.74, 6) is 2.50. The first-order valence-electron chi connectivity index (χ1n) is 5.08. The van der Waals surface area contributed by atoms with Gasteiger partial charge in [0.15, 0.2) is 0 Å². The zero-order chi connectivity index (χ0) is 9.52. The number of ketones is 1. The SMILES string of the molecule is CC(=O)CCSCCN1CCCC1. The maximum Gasteiger partial charge on any atom is 0.130 e. The molecule has 76 valence electrons. The van der Waals surface area contributed by atoms with Crippen LogP contribution in [-0.4, -0.2) is 41.8 Å². The number of hydrogen-bond acceptors (Lipinski definition) is 3. The molecule has 1 aliphatic rings. The Morgan fingerprint density at radius 3 is 2.62 bits per heavy atom. The molecule has 13 heavy (non-hydrogen) atoms. The van der Waals surface area contributed by atoms with Gasteiger partial charge in [-0.1, -0.05) is 0 Å². The van der Waals surface area contributed by atoms with Crippen LogP contribution in [0.25, 0.3) is 0 Å². The van der Waals surface area contributed by atoms with Crippen LogP contribution >= 0.6 is 11.8 Å². The minimum absolute atomic E-state index is 0.314. The van der Waals surface area contributed by atoms with Gasteiger partial charge in [0.1, 0.15) is 5.78 Å². The van der Waals surface area contributed by atoms with Crippen LogP contribution in [0.1, 0.15) is 26.2 Å². The predicted molar refractivity (Wildman–Crippen MR) is 58.3 cm³/mol. The number of Topliss-reactive ketones (excluding diaryl/α,β-unsaturated/α-hetero) is 1. The number of likely N-dealkylation sites (tertiary alicyclic amines) is 1. The highest BCUT2D eigenvalue weighted by Crippen LogP contribution is 2.09. The molecule has 0 aromatic carbocycles. The minimum Gasteiger partial charge on any atom is -0.303 e. The lowest BCUT2D eigenvalue weighted by Gasteiger charge is -2.13. The van der Waals surface area contributed by atoms with Gasteiger partial charge in [0.2, 0.25) is 0 Å². The maximum absolute atomic E-state index is 10.6. The van der Waals surface area contributed by atoms with E-state index in [0.29, 0.717) is 5.78 Å². The Morgan fingerprint density at radius 2 is 2.00 bits per heavy atom. The highest BCUT2D eigenvalue weighted by Gasteiger charge is 2.09. The molecule has 2 nitrogen and oxygen atoms in total. The van der Waals surface area contributed by atoms with E-state index in [9.17, 15) is 4.79 Å². The Labute approximate surface area is 85.1 Å². The fourth-order valence-corrected chi connectivity index (χ4v) is 2.54. The molecule has 1 saturated heterocycles. The Hall–Kier alpha value is -0.0200. The van der Waals surface area contributed by atoms with E-state index in [1.54, 1.807) is 6.92 Å². The average molecular weight is 201 g/mol. The van der Waals surface area contributed by atoms with E-state index in [-0.39, 0.29) is 0 Å². The van der Waals surface area contributed by atoms with Crippen LogP contribution < -0.4 is 0 Å². The molecule has 1 fully saturated rings. The summed E-state index contributed by atoms with van der Waals surface area (Å²) in [6.07, 6.45) is 3.49. The van der Waals surface area contributed by atoms with Crippen molar-refractivity contribution in [1.29, 1.82) is 0 Å². The van der Waals surface area contributed by atoms with Crippen LogP contribution in [0.5, 0.6) is 0 Å². The smallest absolute Gasteiger partial charge is 0.130 e. The molecule has 0 aliphatic carbocycles. The van der Waals surface area contributed by atoms with Gasteiger partial charge in [-0.05, 0) is 32.9 Å². The fourth-order valence-electron chi connectivity index (χ4n) is 1.52. The molecule has 0 N–H and O–H groups in total. The third-order valence-electron chi connectivity index (χ3n) is 2.35. The van der Waals surface area contributed by atoms with Crippen molar-refractivity contribution in [2.45, 2.75) is 26.2 Å². The Morgan fingerprint density at radius 1 is 1.31 bits per heavy atom. The molecule has 1 aliphatic heterocycles. The minimum atomic E-state index is 0.314. The van der Waals surface area contributed by atoms with Gasteiger partial charge >= 0.3 is 0 Å². The van der Waals surface area contributed by atoms with Crippen molar-refractivity contribution in [2.24, 2.45) is 0 Å². The van der Waals surface area contributed by atoms with Crippen molar-refractivity contribution in [3.05, 3.63) is 0 Å². The molecule has 0 aromatic heterocycles. The average Bonchev–Trinajstić information content (AvgIpc) is 2.55. The summed E-state index contributed by atoms with van der Waals surface area (Å²) in [4.78, 5) is 13.2. The van der Waals surface area contributed by atoms with Gasteiger partial charge in [-0.3, -0.25) is 4.79 Å². The van der Waals surface area contributed by atoms with Crippen LogP contribution in [0, 0.1) is 0 Å². The molecule has 0 aromatic rings. The lowest BCUT2D eigenvalue weighted by molar-refractivity contribution is -0.116. The second-order valence-corrected chi connectivity index (χ2v) is 4.84. The van der Waals surface area contributed by atoms with Crippen molar-refractivity contribution in [1.82, 2.24) is 4.90 Å². The number of carbonyl (C=O) groups is 1. The molecular formula is C10H19NOS. The van der Waals surface area contributed by atoms with Crippen molar-refractivity contribution < 1.29 is 4.79 Å².